The Morgan fingerprint density at radius 2 is 1.78 bits per heavy atom. The molecular weight excluding hydrogens is 425 g/mol. The van der Waals surface area contributed by atoms with Crippen molar-refractivity contribution in [3.8, 4) is 5.75 Å². The summed E-state index contributed by atoms with van der Waals surface area (Å²) < 4.78 is 5.82. The Kier molecular flexibility index (Phi) is 8.11. The summed E-state index contributed by atoms with van der Waals surface area (Å²) in [7, 11) is 0. The van der Waals surface area contributed by atoms with Gasteiger partial charge in [-0.2, -0.15) is 0 Å². The van der Waals surface area contributed by atoms with Gasteiger partial charge in [-0.3, -0.25) is 4.79 Å². The van der Waals surface area contributed by atoms with Crippen molar-refractivity contribution in [1.29, 1.82) is 0 Å². The van der Waals surface area contributed by atoms with E-state index in [2.05, 4.69) is 0 Å². The second-order valence-electron chi connectivity index (χ2n) is 5.52. The van der Waals surface area contributed by atoms with Crippen LogP contribution in [0.3, 0.4) is 0 Å². The van der Waals surface area contributed by atoms with E-state index in [1.165, 1.54) is 6.08 Å². The van der Waals surface area contributed by atoms with Gasteiger partial charge < -0.3 is 9.64 Å². The third-order valence-corrected chi connectivity index (χ3v) is 4.97. The molecule has 2 aromatic carbocycles. The molecule has 2 rings (SSSR count). The van der Waals surface area contributed by atoms with E-state index in [0.717, 1.165) is 0 Å². The summed E-state index contributed by atoms with van der Waals surface area (Å²) in [6.07, 6.45) is 2.99. The number of thiocarbonyl (C=S) groups is 1. The van der Waals surface area contributed by atoms with E-state index in [4.69, 9.17) is 51.8 Å². The average Bonchev–Trinajstić information content (AvgIpc) is 2.63. The van der Waals surface area contributed by atoms with Crippen molar-refractivity contribution in [2.75, 3.05) is 13.1 Å². The van der Waals surface area contributed by atoms with Crippen LogP contribution in [0.15, 0.2) is 42.5 Å². The molecule has 0 spiro atoms. The highest BCUT2D eigenvalue weighted by Crippen LogP contribution is 2.34. The lowest BCUT2D eigenvalue weighted by Gasteiger charge is -2.22. The number of benzene rings is 2. The summed E-state index contributed by atoms with van der Waals surface area (Å²) in [5.41, 5.74) is 0.951. The van der Waals surface area contributed by atoms with E-state index in [-0.39, 0.29) is 5.78 Å². The molecule has 0 amide bonds. The minimum Gasteiger partial charge on any atom is -0.430 e. The Bertz CT molecular complexity index is 880. The van der Waals surface area contributed by atoms with Crippen molar-refractivity contribution < 1.29 is 9.53 Å². The van der Waals surface area contributed by atoms with Crippen LogP contribution in [0.4, 0.5) is 0 Å². The van der Waals surface area contributed by atoms with E-state index >= 15 is 0 Å². The standard InChI is InChI=1S/C20H18Cl3NO2S/c1-3-24(4-2)20(27)26-19-13(11-14(21)12-17(19)23)9-10-18(25)15-7-5-6-8-16(15)22/h5-12H,3-4H2,1-2H3. The molecule has 0 fully saturated rings. The van der Waals surface area contributed by atoms with E-state index in [9.17, 15) is 4.79 Å². The van der Waals surface area contributed by atoms with Crippen LogP contribution in [-0.2, 0) is 0 Å². The maximum atomic E-state index is 12.4. The van der Waals surface area contributed by atoms with E-state index in [1.54, 1.807) is 42.5 Å². The minimum absolute atomic E-state index is 0.242. The average molecular weight is 443 g/mol. The normalized spacial score (nSPS) is 10.9. The molecule has 0 aliphatic heterocycles. The number of ether oxygens (including phenoxy) is 1. The third kappa shape index (κ3) is 5.69. The number of carbonyl (C=O) groups is 1. The topological polar surface area (TPSA) is 29.5 Å². The summed E-state index contributed by atoms with van der Waals surface area (Å²) in [5, 5.41) is 1.42. The van der Waals surface area contributed by atoms with Gasteiger partial charge in [0.15, 0.2) is 11.5 Å². The van der Waals surface area contributed by atoms with Gasteiger partial charge in [-0.15, -0.1) is 0 Å². The minimum atomic E-state index is -0.242. The Labute approximate surface area is 179 Å². The molecule has 142 valence electrons. The Hall–Kier alpha value is -1.59. The van der Waals surface area contributed by atoms with Crippen LogP contribution in [0.1, 0.15) is 29.8 Å². The molecule has 0 N–H and O–H groups in total. The number of hydrogen-bond acceptors (Lipinski definition) is 3. The molecule has 0 aliphatic rings. The van der Waals surface area contributed by atoms with Gasteiger partial charge in [0.2, 0.25) is 0 Å². The van der Waals surface area contributed by atoms with Gasteiger partial charge in [0.25, 0.3) is 5.17 Å². The highest BCUT2D eigenvalue weighted by atomic mass is 35.5. The first kappa shape index (κ1) is 21.7. The van der Waals surface area contributed by atoms with Crippen molar-refractivity contribution in [3.05, 3.63) is 68.7 Å². The van der Waals surface area contributed by atoms with E-state index in [1.807, 2.05) is 18.7 Å². The van der Waals surface area contributed by atoms with Gasteiger partial charge in [-0.1, -0.05) is 46.9 Å². The summed E-state index contributed by atoms with van der Waals surface area (Å²) in [5.74, 6) is 0.107. The zero-order valence-corrected chi connectivity index (χ0v) is 17.9. The highest BCUT2D eigenvalue weighted by Gasteiger charge is 2.15. The molecule has 0 aliphatic carbocycles. The predicted octanol–water partition coefficient (Wildman–Crippen LogP) is 6.55. The lowest BCUT2D eigenvalue weighted by Crippen LogP contribution is -2.33. The molecule has 27 heavy (non-hydrogen) atoms. The summed E-state index contributed by atoms with van der Waals surface area (Å²) >= 11 is 23.8. The lowest BCUT2D eigenvalue weighted by molar-refractivity contribution is 0.104. The smallest absolute Gasteiger partial charge is 0.264 e. The van der Waals surface area contributed by atoms with Crippen LogP contribution in [0, 0.1) is 0 Å². The molecule has 0 saturated carbocycles. The van der Waals surface area contributed by atoms with Gasteiger partial charge in [0, 0.05) is 29.2 Å². The Morgan fingerprint density at radius 1 is 1.11 bits per heavy atom. The Morgan fingerprint density at radius 3 is 2.41 bits per heavy atom. The molecule has 0 saturated heterocycles. The maximum Gasteiger partial charge on any atom is 0.264 e. The largest absolute Gasteiger partial charge is 0.430 e. The van der Waals surface area contributed by atoms with E-state index < -0.39 is 0 Å². The molecular formula is C20H18Cl3NO2S. The number of carbonyl (C=O) groups excluding carboxylic acids is 1. The van der Waals surface area contributed by atoms with Crippen LogP contribution in [0.2, 0.25) is 15.1 Å². The predicted molar refractivity (Wildman–Crippen MR) is 117 cm³/mol. The second kappa shape index (κ2) is 10.1. The molecule has 0 unspecified atom stereocenters. The van der Waals surface area contributed by atoms with Gasteiger partial charge in [-0.25, -0.2) is 0 Å². The zero-order valence-electron chi connectivity index (χ0n) is 14.8. The zero-order chi connectivity index (χ0) is 20.0. The van der Waals surface area contributed by atoms with Crippen molar-refractivity contribution >= 4 is 64.1 Å². The first-order valence-electron chi connectivity index (χ1n) is 8.30. The molecule has 0 heterocycles. The molecule has 2 aromatic rings. The van der Waals surface area contributed by atoms with Gasteiger partial charge >= 0.3 is 0 Å². The van der Waals surface area contributed by atoms with Crippen LogP contribution in [0.25, 0.3) is 6.08 Å². The van der Waals surface area contributed by atoms with Gasteiger partial charge in [-0.05, 0) is 62.5 Å². The number of ketones is 1. The highest BCUT2D eigenvalue weighted by molar-refractivity contribution is 7.80. The number of hydrogen-bond donors (Lipinski definition) is 0. The first-order valence-corrected chi connectivity index (χ1v) is 9.84. The van der Waals surface area contributed by atoms with Crippen LogP contribution in [0.5, 0.6) is 5.75 Å². The molecule has 0 radical (unpaired) electrons. The number of rotatable bonds is 6. The SMILES string of the molecule is CCN(CC)C(=S)Oc1c(Cl)cc(Cl)cc1C=CC(=O)c1ccccc1Cl. The van der Waals surface area contributed by atoms with Crippen LogP contribution in [-0.4, -0.2) is 28.9 Å². The molecule has 0 bridgehead atoms. The molecule has 7 heteroatoms. The first-order chi connectivity index (χ1) is 12.9. The number of halogens is 3. The fourth-order valence-electron chi connectivity index (χ4n) is 2.36. The van der Waals surface area contributed by atoms with E-state index in [0.29, 0.717) is 50.2 Å². The van der Waals surface area contributed by atoms with Crippen molar-refractivity contribution in [2.24, 2.45) is 0 Å². The van der Waals surface area contributed by atoms with Crippen molar-refractivity contribution in [1.82, 2.24) is 4.90 Å². The van der Waals surface area contributed by atoms with Crippen LogP contribution < -0.4 is 4.74 Å². The maximum absolute atomic E-state index is 12.4. The summed E-state index contributed by atoms with van der Waals surface area (Å²) in [6, 6.07) is 10.1. The monoisotopic (exact) mass is 441 g/mol. The van der Waals surface area contributed by atoms with Gasteiger partial charge in [0.1, 0.15) is 0 Å². The fourth-order valence-corrected chi connectivity index (χ4v) is 3.48. The second-order valence-corrected chi connectivity index (χ2v) is 7.12. The Balaban J connectivity index is 2.34. The lowest BCUT2D eigenvalue weighted by atomic mass is 10.1. The number of nitrogens with zero attached hydrogens (tertiary/aromatic N) is 1. The van der Waals surface area contributed by atoms with Crippen LogP contribution >= 0.6 is 47.0 Å². The molecule has 0 aromatic heterocycles. The van der Waals surface area contributed by atoms with Gasteiger partial charge in [0.05, 0.1) is 10.0 Å². The summed E-state index contributed by atoms with van der Waals surface area (Å²) in [4.78, 5) is 14.3. The molecule has 3 nitrogen and oxygen atoms in total. The molecule has 0 atom stereocenters. The third-order valence-electron chi connectivity index (χ3n) is 3.80. The van der Waals surface area contributed by atoms with Crippen molar-refractivity contribution in [2.45, 2.75) is 13.8 Å². The summed E-state index contributed by atoms with van der Waals surface area (Å²) in [6.45, 7) is 5.37. The fraction of sp³-hybridized carbons (Fsp3) is 0.200. The van der Waals surface area contributed by atoms with Crippen molar-refractivity contribution in [3.63, 3.8) is 0 Å². The quantitative estimate of drug-likeness (QED) is 0.288. The number of allylic oxidation sites excluding steroid dienone is 1.